The van der Waals surface area contributed by atoms with Crippen LogP contribution in [0.3, 0.4) is 0 Å². The van der Waals surface area contributed by atoms with E-state index in [1.165, 1.54) is 4.68 Å². The zero-order chi connectivity index (χ0) is 14.4. The van der Waals surface area contributed by atoms with Gasteiger partial charge in [-0.2, -0.15) is 5.10 Å². The summed E-state index contributed by atoms with van der Waals surface area (Å²) in [5.41, 5.74) is 2.98. The number of hydrogen-bond donors (Lipinski definition) is 1. The maximum Gasteiger partial charge on any atom is 0.257 e. The fourth-order valence-electron chi connectivity index (χ4n) is 2.24. The van der Waals surface area contributed by atoms with Crippen molar-refractivity contribution >= 4 is 0 Å². The number of rotatable bonds is 8. The minimum Gasteiger partial charge on any atom is -0.312 e. The Kier molecular flexibility index (Phi) is 6.42. The molecule has 0 bridgehead atoms. The van der Waals surface area contributed by atoms with Gasteiger partial charge in [-0.3, -0.25) is 4.68 Å². The molecule has 0 fully saturated rings. The van der Waals surface area contributed by atoms with Crippen LogP contribution in [0.15, 0.2) is 0 Å². The van der Waals surface area contributed by atoms with Gasteiger partial charge in [-0.05, 0) is 25.3 Å². The molecule has 19 heavy (non-hydrogen) atoms. The Morgan fingerprint density at radius 2 is 1.89 bits per heavy atom. The largest absolute Gasteiger partial charge is 0.312 e. The van der Waals surface area contributed by atoms with E-state index in [9.17, 15) is 8.78 Å². The third-order valence-corrected chi connectivity index (χ3v) is 3.08. The molecule has 0 spiro atoms. The van der Waals surface area contributed by atoms with Crippen LogP contribution in [0.25, 0.3) is 0 Å². The van der Waals surface area contributed by atoms with Crippen LogP contribution >= 0.6 is 0 Å². The molecule has 1 N–H and O–H groups in total. The van der Waals surface area contributed by atoms with Crippen LogP contribution in [-0.2, 0) is 25.9 Å². The SMILES string of the molecule is CCc1nn(CC(F)F)c(CC)c1CNCC(C)C. The average molecular weight is 273 g/mol. The standard InChI is InChI=1S/C14H25F2N3/c1-5-12-11(8-17-7-10(3)4)13(6-2)19(18-12)9-14(15)16/h10,14,17H,5-9H2,1-4H3. The molecular weight excluding hydrogens is 248 g/mol. The summed E-state index contributed by atoms with van der Waals surface area (Å²) in [6, 6.07) is 0. The summed E-state index contributed by atoms with van der Waals surface area (Å²) in [5.74, 6) is 0.575. The summed E-state index contributed by atoms with van der Waals surface area (Å²) >= 11 is 0. The molecule has 0 aliphatic rings. The van der Waals surface area contributed by atoms with Crippen molar-refractivity contribution in [3.63, 3.8) is 0 Å². The minimum atomic E-state index is -2.36. The number of aromatic nitrogens is 2. The Morgan fingerprint density at radius 3 is 2.37 bits per heavy atom. The molecule has 1 aromatic heterocycles. The Bertz CT molecular complexity index is 386. The first-order valence-corrected chi connectivity index (χ1v) is 7.05. The van der Waals surface area contributed by atoms with Gasteiger partial charge in [0.15, 0.2) is 0 Å². The van der Waals surface area contributed by atoms with E-state index in [4.69, 9.17) is 0 Å². The lowest BCUT2D eigenvalue weighted by atomic mass is 10.1. The van der Waals surface area contributed by atoms with Gasteiger partial charge in [-0.1, -0.05) is 27.7 Å². The number of halogens is 2. The van der Waals surface area contributed by atoms with Crippen LogP contribution in [0.1, 0.15) is 44.6 Å². The highest BCUT2D eigenvalue weighted by molar-refractivity contribution is 5.26. The maximum absolute atomic E-state index is 12.6. The van der Waals surface area contributed by atoms with E-state index in [0.717, 1.165) is 36.3 Å². The van der Waals surface area contributed by atoms with E-state index in [1.807, 2.05) is 13.8 Å². The second-order valence-corrected chi connectivity index (χ2v) is 5.18. The van der Waals surface area contributed by atoms with E-state index < -0.39 is 6.43 Å². The van der Waals surface area contributed by atoms with Gasteiger partial charge in [0.1, 0.15) is 6.54 Å². The molecule has 0 amide bonds. The summed E-state index contributed by atoms with van der Waals surface area (Å²) in [6.45, 7) is 9.63. The van der Waals surface area contributed by atoms with Crippen LogP contribution in [0.4, 0.5) is 8.78 Å². The number of alkyl halides is 2. The van der Waals surface area contributed by atoms with Crippen molar-refractivity contribution in [1.82, 2.24) is 15.1 Å². The van der Waals surface area contributed by atoms with E-state index in [0.29, 0.717) is 12.5 Å². The summed E-state index contributed by atoms with van der Waals surface area (Å²) in [5, 5.41) is 7.71. The Labute approximate surface area is 114 Å². The maximum atomic E-state index is 12.6. The Morgan fingerprint density at radius 1 is 1.21 bits per heavy atom. The first-order chi connectivity index (χ1) is 8.99. The quantitative estimate of drug-likeness (QED) is 0.789. The number of aryl methyl sites for hydroxylation is 1. The molecule has 0 atom stereocenters. The van der Waals surface area contributed by atoms with Crippen LogP contribution < -0.4 is 5.32 Å². The van der Waals surface area contributed by atoms with Crippen LogP contribution in [0, 0.1) is 5.92 Å². The Balaban J connectivity index is 2.89. The zero-order valence-electron chi connectivity index (χ0n) is 12.3. The third-order valence-electron chi connectivity index (χ3n) is 3.08. The molecule has 0 aliphatic carbocycles. The van der Waals surface area contributed by atoms with Crippen LogP contribution in [0.5, 0.6) is 0 Å². The smallest absolute Gasteiger partial charge is 0.257 e. The fraction of sp³-hybridized carbons (Fsp3) is 0.786. The van der Waals surface area contributed by atoms with E-state index in [2.05, 4.69) is 24.3 Å². The van der Waals surface area contributed by atoms with Crippen molar-refractivity contribution in [2.24, 2.45) is 5.92 Å². The third kappa shape index (κ3) is 4.56. The molecule has 0 aromatic carbocycles. The van der Waals surface area contributed by atoms with E-state index in [-0.39, 0.29) is 6.54 Å². The van der Waals surface area contributed by atoms with Gasteiger partial charge < -0.3 is 5.32 Å². The molecule has 1 heterocycles. The van der Waals surface area contributed by atoms with Crippen LogP contribution in [-0.4, -0.2) is 22.8 Å². The van der Waals surface area contributed by atoms with Crippen molar-refractivity contribution < 1.29 is 8.78 Å². The molecule has 1 rings (SSSR count). The van der Waals surface area contributed by atoms with Gasteiger partial charge in [0.05, 0.1) is 5.69 Å². The van der Waals surface area contributed by atoms with Gasteiger partial charge in [0, 0.05) is 17.8 Å². The van der Waals surface area contributed by atoms with Crippen molar-refractivity contribution in [1.29, 1.82) is 0 Å². The summed E-state index contributed by atoms with van der Waals surface area (Å²) in [6.07, 6.45) is -0.841. The molecule has 1 aromatic rings. The first-order valence-electron chi connectivity index (χ1n) is 7.05. The summed E-state index contributed by atoms with van der Waals surface area (Å²) in [4.78, 5) is 0. The lowest BCUT2D eigenvalue weighted by Gasteiger charge is -2.10. The zero-order valence-corrected chi connectivity index (χ0v) is 12.3. The Hall–Kier alpha value is -0.970. The van der Waals surface area contributed by atoms with Gasteiger partial charge in [-0.25, -0.2) is 8.78 Å². The predicted molar refractivity (Wildman–Crippen MR) is 73.5 cm³/mol. The van der Waals surface area contributed by atoms with Crippen molar-refractivity contribution in [2.45, 2.75) is 60.1 Å². The minimum absolute atomic E-state index is 0.305. The second-order valence-electron chi connectivity index (χ2n) is 5.18. The first kappa shape index (κ1) is 16.1. The van der Waals surface area contributed by atoms with Gasteiger partial charge in [0.25, 0.3) is 6.43 Å². The number of hydrogen-bond acceptors (Lipinski definition) is 2. The van der Waals surface area contributed by atoms with E-state index >= 15 is 0 Å². The molecular formula is C14H25F2N3. The summed E-state index contributed by atoms with van der Waals surface area (Å²) < 4.78 is 26.6. The van der Waals surface area contributed by atoms with Gasteiger partial charge in [-0.15, -0.1) is 0 Å². The normalized spacial score (nSPS) is 11.8. The highest BCUT2D eigenvalue weighted by Crippen LogP contribution is 2.17. The molecule has 0 radical (unpaired) electrons. The average Bonchev–Trinajstić information content (AvgIpc) is 2.65. The lowest BCUT2D eigenvalue weighted by molar-refractivity contribution is 0.120. The molecule has 3 nitrogen and oxygen atoms in total. The molecule has 0 unspecified atom stereocenters. The fourth-order valence-corrected chi connectivity index (χ4v) is 2.24. The highest BCUT2D eigenvalue weighted by atomic mass is 19.3. The topological polar surface area (TPSA) is 29.9 Å². The lowest BCUT2D eigenvalue weighted by Crippen LogP contribution is -2.20. The highest BCUT2D eigenvalue weighted by Gasteiger charge is 2.17. The molecule has 0 aliphatic heterocycles. The van der Waals surface area contributed by atoms with Crippen LogP contribution in [0.2, 0.25) is 0 Å². The van der Waals surface area contributed by atoms with Gasteiger partial charge >= 0.3 is 0 Å². The molecule has 5 heteroatoms. The predicted octanol–water partition coefficient (Wildman–Crippen LogP) is 3.02. The summed E-state index contributed by atoms with van der Waals surface area (Å²) in [7, 11) is 0. The van der Waals surface area contributed by atoms with Crippen molar-refractivity contribution in [3.05, 3.63) is 17.0 Å². The number of nitrogens with zero attached hydrogens (tertiary/aromatic N) is 2. The number of nitrogens with one attached hydrogen (secondary N) is 1. The molecule has 110 valence electrons. The second kappa shape index (κ2) is 7.58. The molecule has 0 saturated heterocycles. The van der Waals surface area contributed by atoms with Crippen molar-refractivity contribution in [2.75, 3.05) is 6.54 Å². The van der Waals surface area contributed by atoms with E-state index in [1.54, 1.807) is 0 Å². The monoisotopic (exact) mass is 273 g/mol. The molecule has 0 saturated carbocycles. The van der Waals surface area contributed by atoms with Gasteiger partial charge in [0.2, 0.25) is 0 Å². The van der Waals surface area contributed by atoms with Crippen molar-refractivity contribution in [3.8, 4) is 0 Å².